The van der Waals surface area contributed by atoms with Crippen LogP contribution in [0.3, 0.4) is 0 Å². The summed E-state index contributed by atoms with van der Waals surface area (Å²) in [5.41, 5.74) is 0.932. The van der Waals surface area contributed by atoms with Gasteiger partial charge in [-0.3, -0.25) is 4.79 Å². The molecule has 1 aliphatic heterocycles. The highest BCUT2D eigenvalue weighted by Gasteiger charge is 2.32. The van der Waals surface area contributed by atoms with Crippen LogP contribution in [0, 0.1) is 11.3 Å². The van der Waals surface area contributed by atoms with E-state index in [0.717, 1.165) is 12.2 Å². The molecule has 1 saturated heterocycles. The number of halogens is 1. The van der Waals surface area contributed by atoms with Crippen molar-refractivity contribution in [3.63, 3.8) is 0 Å². The van der Waals surface area contributed by atoms with Crippen molar-refractivity contribution in [1.29, 1.82) is 5.26 Å². The van der Waals surface area contributed by atoms with E-state index in [1.807, 2.05) is 17.0 Å². The van der Waals surface area contributed by atoms with E-state index in [-0.39, 0.29) is 12.3 Å². The number of nitriles is 1. The number of nitrogens with zero attached hydrogens (tertiary/aromatic N) is 3. The smallest absolute Gasteiger partial charge is 0.246 e. The highest BCUT2D eigenvalue weighted by atomic mass is 35.5. The lowest BCUT2D eigenvalue weighted by Gasteiger charge is -2.39. The highest BCUT2D eigenvalue weighted by Crippen LogP contribution is 2.24. The van der Waals surface area contributed by atoms with Crippen molar-refractivity contribution in [3.05, 3.63) is 29.3 Å². The average Bonchev–Trinajstić information content (AvgIpc) is 2.37. The van der Waals surface area contributed by atoms with Gasteiger partial charge in [-0.05, 0) is 24.3 Å². The fraction of sp³-hybridized carbons (Fsp3) is 0.385. The molecule has 0 bridgehead atoms. The third-order valence-electron chi connectivity index (χ3n) is 3.16. The fourth-order valence-electron chi connectivity index (χ4n) is 2.14. The van der Waals surface area contributed by atoms with Gasteiger partial charge >= 0.3 is 0 Å². The molecule has 18 heavy (non-hydrogen) atoms. The minimum absolute atomic E-state index is 0.00208. The van der Waals surface area contributed by atoms with E-state index in [1.165, 1.54) is 0 Å². The molecule has 0 aromatic heterocycles. The predicted molar refractivity (Wildman–Crippen MR) is 70.5 cm³/mol. The van der Waals surface area contributed by atoms with Gasteiger partial charge in [0.25, 0.3) is 0 Å². The summed E-state index contributed by atoms with van der Waals surface area (Å²) in [5.74, 6) is -0.00208. The zero-order chi connectivity index (χ0) is 13.1. The van der Waals surface area contributed by atoms with Gasteiger partial charge in [0.15, 0.2) is 0 Å². The van der Waals surface area contributed by atoms with Gasteiger partial charge in [-0.25, -0.2) is 0 Å². The van der Waals surface area contributed by atoms with Crippen molar-refractivity contribution < 1.29 is 4.79 Å². The van der Waals surface area contributed by atoms with Crippen LogP contribution in [0.4, 0.5) is 5.69 Å². The van der Waals surface area contributed by atoms with Crippen molar-refractivity contribution in [2.75, 3.05) is 25.0 Å². The summed E-state index contributed by atoms with van der Waals surface area (Å²) in [7, 11) is 1.77. The standard InChI is InChI=1S/C13H14ClN3O/c1-16-8-9-17(12(6-7-15)13(16)18)11-4-2-10(14)3-5-11/h2-5,12H,6,8-9H2,1H3. The lowest BCUT2D eigenvalue weighted by molar-refractivity contribution is -0.132. The van der Waals surface area contributed by atoms with Gasteiger partial charge in [0, 0.05) is 30.8 Å². The van der Waals surface area contributed by atoms with Crippen molar-refractivity contribution >= 4 is 23.2 Å². The molecule has 0 N–H and O–H groups in total. The number of piperazine rings is 1. The van der Waals surface area contributed by atoms with Crippen molar-refractivity contribution in [1.82, 2.24) is 4.90 Å². The van der Waals surface area contributed by atoms with Crippen LogP contribution in [-0.2, 0) is 4.79 Å². The minimum atomic E-state index is -0.394. The number of rotatable bonds is 2. The van der Waals surface area contributed by atoms with Gasteiger partial charge in [-0.2, -0.15) is 5.26 Å². The quantitative estimate of drug-likeness (QED) is 0.819. The third-order valence-corrected chi connectivity index (χ3v) is 3.41. The van der Waals surface area contributed by atoms with E-state index in [9.17, 15) is 4.79 Å². The summed E-state index contributed by atoms with van der Waals surface area (Å²) < 4.78 is 0. The average molecular weight is 264 g/mol. The lowest BCUT2D eigenvalue weighted by atomic mass is 10.1. The Labute approximate surface area is 111 Å². The Bertz CT molecular complexity index is 480. The van der Waals surface area contributed by atoms with E-state index >= 15 is 0 Å². The van der Waals surface area contributed by atoms with Crippen LogP contribution in [0.25, 0.3) is 0 Å². The van der Waals surface area contributed by atoms with Crippen LogP contribution in [0.15, 0.2) is 24.3 Å². The normalized spacial score (nSPS) is 19.8. The molecule has 0 saturated carbocycles. The van der Waals surface area contributed by atoms with Crippen LogP contribution in [0.2, 0.25) is 5.02 Å². The molecule has 5 heteroatoms. The van der Waals surface area contributed by atoms with Crippen LogP contribution in [0.5, 0.6) is 0 Å². The maximum Gasteiger partial charge on any atom is 0.246 e. The zero-order valence-corrected chi connectivity index (χ0v) is 10.9. The molecule has 0 aliphatic carbocycles. The number of amides is 1. The summed E-state index contributed by atoms with van der Waals surface area (Å²) >= 11 is 5.85. The van der Waals surface area contributed by atoms with Gasteiger partial charge in [-0.1, -0.05) is 11.6 Å². The lowest BCUT2D eigenvalue weighted by Crippen LogP contribution is -2.55. The topological polar surface area (TPSA) is 47.3 Å². The third kappa shape index (κ3) is 2.41. The Morgan fingerprint density at radius 3 is 2.67 bits per heavy atom. The summed E-state index contributed by atoms with van der Waals surface area (Å²) in [4.78, 5) is 15.7. The molecule has 1 unspecified atom stereocenters. The minimum Gasteiger partial charge on any atom is -0.357 e. The monoisotopic (exact) mass is 263 g/mol. The molecular formula is C13H14ClN3O. The van der Waals surface area contributed by atoms with Crippen molar-refractivity contribution in [2.24, 2.45) is 0 Å². The molecule has 1 amide bonds. The number of hydrogen-bond donors (Lipinski definition) is 0. The van der Waals surface area contributed by atoms with Crippen molar-refractivity contribution in [2.45, 2.75) is 12.5 Å². The predicted octanol–water partition coefficient (Wildman–Crippen LogP) is 1.90. The van der Waals surface area contributed by atoms with Crippen LogP contribution in [-0.4, -0.2) is 37.0 Å². The second-order valence-corrected chi connectivity index (χ2v) is 4.74. The van der Waals surface area contributed by atoms with E-state index < -0.39 is 6.04 Å². The maximum absolute atomic E-state index is 12.1. The van der Waals surface area contributed by atoms with Crippen LogP contribution in [0.1, 0.15) is 6.42 Å². The molecule has 1 fully saturated rings. The summed E-state index contributed by atoms with van der Waals surface area (Å²) in [6.07, 6.45) is 0.200. The highest BCUT2D eigenvalue weighted by molar-refractivity contribution is 6.30. The molecule has 1 aromatic rings. The van der Waals surface area contributed by atoms with Crippen LogP contribution < -0.4 is 4.90 Å². The molecule has 1 heterocycles. The largest absolute Gasteiger partial charge is 0.357 e. The second kappa shape index (κ2) is 5.28. The number of carbonyl (C=O) groups is 1. The molecule has 94 valence electrons. The molecule has 1 atom stereocenters. The molecule has 0 radical (unpaired) electrons. The van der Waals surface area contributed by atoms with Gasteiger partial charge in [0.05, 0.1) is 12.5 Å². The van der Waals surface area contributed by atoms with E-state index in [0.29, 0.717) is 11.6 Å². The Kier molecular flexibility index (Phi) is 3.73. The number of carbonyl (C=O) groups excluding carboxylic acids is 1. The number of benzene rings is 1. The maximum atomic E-state index is 12.1. The Balaban J connectivity index is 2.27. The summed E-state index contributed by atoms with van der Waals surface area (Å²) in [6, 6.07) is 9.04. The summed E-state index contributed by atoms with van der Waals surface area (Å²) in [5, 5.41) is 9.53. The molecule has 4 nitrogen and oxygen atoms in total. The SMILES string of the molecule is CN1CCN(c2ccc(Cl)cc2)C(CC#N)C1=O. The number of anilines is 1. The molecule has 1 aliphatic rings. The Morgan fingerprint density at radius 1 is 1.39 bits per heavy atom. The molecular weight excluding hydrogens is 250 g/mol. The summed E-state index contributed by atoms with van der Waals surface area (Å²) in [6.45, 7) is 1.40. The van der Waals surface area contributed by atoms with Crippen molar-refractivity contribution in [3.8, 4) is 6.07 Å². The Hall–Kier alpha value is -1.73. The zero-order valence-electron chi connectivity index (χ0n) is 10.1. The molecule has 1 aromatic carbocycles. The second-order valence-electron chi connectivity index (χ2n) is 4.31. The number of likely N-dealkylation sites (N-methyl/N-ethyl adjacent to an activating group) is 1. The van der Waals surface area contributed by atoms with E-state index in [4.69, 9.17) is 16.9 Å². The fourth-order valence-corrected chi connectivity index (χ4v) is 2.26. The molecule has 2 rings (SSSR count). The first-order valence-electron chi connectivity index (χ1n) is 5.77. The first-order valence-corrected chi connectivity index (χ1v) is 6.15. The first-order chi connectivity index (χ1) is 8.63. The molecule has 0 spiro atoms. The van der Waals surface area contributed by atoms with Gasteiger partial charge < -0.3 is 9.80 Å². The van der Waals surface area contributed by atoms with E-state index in [1.54, 1.807) is 24.1 Å². The van der Waals surface area contributed by atoms with Gasteiger partial charge in [-0.15, -0.1) is 0 Å². The number of hydrogen-bond acceptors (Lipinski definition) is 3. The first kappa shape index (κ1) is 12.7. The van der Waals surface area contributed by atoms with Gasteiger partial charge in [0.2, 0.25) is 5.91 Å². The van der Waals surface area contributed by atoms with Crippen LogP contribution >= 0.6 is 11.6 Å². The van der Waals surface area contributed by atoms with Gasteiger partial charge in [0.1, 0.15) is 6.04 Å². The Morgan fingerprint density at radius 2 is 2.06 bits per heavy atom. The van der Waals surface area contributed by atoms with E-state index in [2.05, 4.69) is 6.07 Å².